The van der Waals surface area contributed by atoms with Gasteiger partial charge in [-0.1, -0.05) is 130 Å². The number of esters is 2. The van der Waals surface area contributed by atoms with Crippen LogP contribution in [0.25, 0.3) is 0 Å². The molecule has 0 spiro atoms. The predicted octanol–water partition coefficient (Wildman–Crippen LogP) is 11.0. The van der Waals surface area contributed by atoms with E-state index in [-0.39, 0.29) is 26.1 Å². The Morgan fingerprint density at radius 2 is 1.09 bits per heavy atom. The highest BCUT2D eigenvalue weighted by Gasteiger charge is 2.27. The molecule has 9 nitrogen and oxygen atoms in total. The molecule has 306 valence electrons. The number of carbonyl (C=O) groups is 2. The number of likely N-dealkylation sites (N-methyl/N-ethyl adjacent to an activating group) is 1. The van der Waals surface area contributed by atoms with E-state index in [0.717, 1.165) is 77.0 Å². The van der Waals surface area contributed by atoms with Gasteiger partial charge < -0.3 is 18.9 Å². The van der Waals surface area contributed by atoms with Gasteiger partial charge in [0.25, 0.3) is 0 Å². The summed E-state index contributed by atoms with van der Waals surface area (Å²) in [4.78, 5) is 35.3. The van der Waals surface area contributed by atoms with Gasteiger partial charge in [-0.15, -0.1) is 0 Å². The summed E-state index contributed by atoms with van der Waals surface area (Å²) in [6.07, 6.45) is 46.0. The summed E-state index contributed by atoms with van der Waals surface area (Å²) in [7, 11) is 1.41. The van der Waals surface area contributed by atoms with Crippen LogP contribution in [0, 0.1) is 0 Å². The second-order valence-corrected chi connectivity index (χ2v) is 15.4. The number of hydrogen-bond donors (Lipinski definition) is 1. The first kappa shape index (κ1) is 50.9. The molecule has 0 amide bonds. The Kier molecular flexibility index (Phi) is 33.6. The topological polar surface area (TPSA) is 108 Å². The van der Waals surface area contributed by atoms with E-state index < -0.39 is 32.5 Å². The van der Waals surface area contributed by atoms with Crippen molar-refractivity contribution in [3.8, 4) is 0 Å². The van der Waals surface area contributed by atoms with Gasteiger partial charge in [0, 0.05) is 12.8 Å². The van der Waals surface area contributed by atoms with Crippen LogP contribution < -0.4 is 0 Å². The second kappa shape index (κ2) is 35.6. The molecular formula is C44H73NO8P+. The Balaban J connectivity index is 4.56. The van der Waals surface area contributed by atoms with Crippen LogP contribution in [0.3, 0.4) is 0 Å². The van der Waals surface area contributed by atoms with Crippen molar-refractivity contribution in [2.45, 2.75) is 123 Å². The molecule has 0 fully saturated rings. The minimum atomic E-state index is -4.39. The van der Waals surface area contributed by atoms with Crippen LogP contribution in [0.5, 0.6) is 0 Å². The quantitative estimate of drug-likeness (QED) is 0.0172. The number of ether oxygens (including phenoxy) is 2. The number of quaternary nitrogens is 1. The molecule has 1 unspecified atom stereocenters. The van der Waals surface area contributed by atoms with Crippen LogP contribution >= 0.6 is 7.82 Å². The van der Waals surface area contributed by atoms with Crippen molar-refractivity contribution in [3.05, 3.63) is 97.2 Å². The normalized spacial score (nSPS) is 14.7. The van der Waals surface area contributed by atoms with Crippen LogP contribution in [0.4, 0.5) is 0 Å². The molecule has 0 aliphatic heterocycles. The molecule has 10 heteroatoms. The molecule has 0 bridgehead atoms. The largest absolute Gasteiger partial charge is 0.472 e. The predicted molar refractivity (Wildman–Crippen MR) is 224 cm³/mol. The standard InChI is InChI=1S/C44H72NO8P/c1-6-8-10-12-14-16-18-20-22-24-26-28-30-32-34-36-43(46)50-40-42(41-52-54(48,49)51-39-38-45(3,4)5)53-44(47)37-35-33-31-29-27-25-23-21-19-17-15-13-11-9-7-2/h8-11,13-17,19-23,26,28,42H,6-7,12,18,24-25,27,29-41H2,1-5H3/p+1/b10-8+,11-9+,15-13+,16-14+,19-17+,22-20+,23-21+,28-26+/t42-/m1/s1. The first-order valence-electron chi connectivity index (χ1n) is 20.0. The number of allylic oxidation sites excluding steroid dienone is 16. The first-order chi connectivity index (χ1) is 26.0. The van der Waals surface area contributed by atoms with Gasteiger partial charge in [-0.25, -0.2) is 4.57 Å². The SMILES string of the molecule is CC/C=C/C=C/C=C/C=C/CCCCCCCC(=O)O[C@H](COC(=O)CCCC/C=C/C/C=C/C/C=C/C/C=C/CC)COP(=O)(O)OCC[N+](C)(C)C. The lowest BCUT2D eigenvalue weighted by molar-refractivity contribution is -0.870. The fraction of sp³-hybridized carbons (Fsp3) is 0.591. The maximum atomic E-state index is 12.6. The second-order valence-electron chi connectivity index (χ2n) is 14.0. The zero-order chi connectivity index (χ0) is 40.0. The van der Waals surface area contributed by atoms with Gasteiger partial charge in [0.15, 0.2) is 6.10 Å². The van der Waals surface area contributed by atoms with E-state index in [1.807, 2.05) is 51.5 Å². The van der Waals surface area contributed by atoms with Gasteiger partial charge >= 0.3 is 19.8 Å². The van der Waals surface area contributed by atoms with Crippen LogP contribution in [0.2, 0.25) is 0 Å². The van der Waals surface area contributed by atoms with Gasteiger partial charge in [-0.05, 0) is 70.6 Å². The molecule has 0 heterocycles. The third kappa shape index (κ3) is 38.6. The molecule has 0 saturated heterocycles. The Bertz CT molecular complexity index is 1240. The van der Waals surface area contributed by atoms with Crippen molar-refractivity contribution in [1.82, 2.24) is 0 Å². The highest BCUT2D eigenvalue weighted by atomic mass is 31.2. The molecule has 2 atom stereocenters. The molecule has 0 aliphatic carbocycles. The van der Waals surface area contributed by atoms with Gasteiger partial charge in [0.2, 0.25) is 0 Å². The van der Waals surface area contributed by atoms with Crippen molar-refractivity contribution in [2.24, 2.45) is 0 Å². The summed E-state index contributed by atoms with van der Waals surface area (Å²) in [6, 6.07) is 0. The maximum absolute atomic E-state index is 12.6. The monoisotopic (exact) mass is 775 g/mol. The lowest BCUT2D eigenvalue weighted by Gasteiger charge is -2.24. The van der Waals surface area contributed by atoms with Crippen molar-refractivity contribution < 1.29 is 42.1 Å². The molecule has 1 N–H and O–H groups in total. The summed E-state index contributed by atoms with van der Waals surface area (Å²) in [5.74, 6) is -0.889. The number of rotatable bonds is 34. The molecular weight excluding hydrogens is 701 g/mol. The van der Waals surface area contributed by atoms with Crippen LogP contribution in [0.1, 0.15) is 117 Å². The van der Waals surface area contributed by atoms with E-state index in [4.69, 9.17) is 18.5 Å². The van der Waals surface area contributed by atoms with E-state index >= 15 is 0 Å². The van der Waals surface area contributed by atoms with E-state index in [1.54, 1.807) is 0 Å². The minimum absolute atomic E-state index is 0.0137. The Labute approximate surface area is 328 Å². The van der Waals surface area contributed by atoms with Gasteiger partial charge in [-0.2, -0.15) is 0 Å². The number of phosphoric acid groups is 1. The Morgan fingerprint density at radius 1 is 0.593 bits per heavy atom. The minimum Gasteiger partial charge on any atom is -0.462 e. The zero-order valence-electron chi connectivity index (χ0n) is 34.2. The Morgan fingerprint density at radius 3 is 1.74 bits per heavy atom. The van der Waals surface area contributed by atoms with Crippen LogP contribution in [0.15, 0.2) is 97.2 Å². The lowest BCUT2D eigenvalue weighted by Crippen LogP contribution is -2.37. The van der Waals surface area contributed by atoms with E-state index in [0.29, 0.717) is 23.9 Å². The maximum Gasteiger partial charge on any atom is 0.472 e. The fourth-order valence-electron chi connectivity index (χ4n) is 4.60. The first-order valence-corrected chi connectivity index (χ1v) is 21.5. The molecule has 0 aliphatic rings. The number of nitrogens with zero attached hydrogens (tertiary/aromatic N) is 1. The highest BCUT2D eigenvalue weighted by molar-refractivity contribution is 7.47. The third-order valence-electron chi connectivity index (χ3n) is 7.70. The van der Waals surface area contributed by atoms with Crippen molar-refractivity contribution in [3.63, 3.8) is 0 Å². The zero-order valence-corrected chi connectivity index (χ0v) is 35.1. The molecule has 0 aromatic carbocycles. The van der Waals surface area contributed by atoms with Gasteiger partial charge in [-0.3, -0.25) is 18.6 Å². The van der Waals surface area contributed by atoms with Crippen molar-refractivity contribution in [2.75, 3.05) is 47.5 Å². The molecule has 0 saturated carbocycles. The molecule has 0 rings (SSSR count). The summed E-state index contributed by atoms with van der Waals surface area (Å²) in [6.45, 7) is 4.05. The number of phosphoric ester groups is 1. The smallest absolute Gasteiger partial charge is 0.462 e. The fourth-order valence-corrected chi connectivity index (χ4v) is 5.34. The highest BCUT2D eigenvalue weighted by Crippen LogP contribution is 2.43. The van der Waals surface area contributed by atoms with Gasteiger partial charge in [0.1, 0.15) is 19.8 Å². The van der Waals surface area contributed by atoms with Gasteiger partial charge in [0.05, 0.1) is 27.7 Å². The van der Waals surface area contributed by atoms with Crippen molar-refractivity contribution >= 4 is 19.8 Å². The molecule has 0 aromatic heterocycles. The molecule has 54 heavy (non-hydrogen) atoms. The van der Waals surface area contributed by atoms with E-state index in [9.17, 15) is 19.0 Å². The average molecular weight is 775 g/mol. The van der Waals surface area contributed by atoms with Crippen molar-refractivity contribution in [1.29, 1.82) is 0 Å². The molecule has 0 aromatic rings. The summed E-state index contributed by atoms with van der Waals surface area (Å²) >= 11 is 0. The lowest BCUT2D eigenvalue weighted by atomic mass is 10.1. The molecule has 0 radical (unpaired) electrons. The summed E-state index contributed by atoms with van der Waals surface area (Å²) in [5, 5.41) is 0. The van der Waals surface area contributed by atoms with Crippen LogP contribution in [-0.4, -0.2) is 74.9 Å². The Hall–Kier alpha value is -3.07. The van der Waals surface area contributed by atoms with E-state index in [1.165, 1.54) is 0 Å². The van der Waals surface area contributed by atoms with Crippen LogP contribution in [-0.2, 0) is 32.7 Å². The summed E-state index contributed by atoms with van der Waals surface area (Å²) < 4.78 is 34.1. The number of unbranched alkanes of at least 4 members (excludes halogenated alkanes) is 7. The van der Waals surface area contributed by atoms with E-state index in [2.05, 4.69) is 80.7 Å². The number of hydrogen-bond acceptors (Lipinski definition) is 7. The number of carbonyl (C=O) groups excluding carboxylic acids is 2. The summed E-state index contributed by atoms with van der Waals surface area (Å²) in [5.41, 5.74) is 0. The average Bonchev–Trinajstić information content (AvgIpc) is 3.12. The third-order valence-corrected chi connectivity index (χ3v) is 8.69.